The number of rotatable bonds is 6. The van der Waals surface area contributed by atoms with Gasteiger partial charge < -0.3 is 9.13 Å². The third-order valence-corrected chi connectivity index (χ3v) is 18.8. The van der Waals surface area contributed by atoms with Crippen molar-refractivity contribution in [1.29, 1.82) is 0 Å². The highest BCUT2D eigenvalue weighted by molar-refractivity contribution is 7.25. The van der Waals surface area contributed by atoms with Crippen LogP contribution in [0.4, 0.5) is 0 Å². The Bertz CT molecular complexity index is 3490. The topological polar surface area (TPSA) is 9.86 Å². The molecule has 58 heavy (non-hydrogen) atoms. The number of thiophene rings is 1. The molecular weight excluding hydrogens is 737 g/mol. The largest absolute Gasteiger partial charge is 0.309 e. The van der Waals surface area contributed by atoms with Gasteiger partial charge in [0.15, 0.2) is 8.07 Å². The Morgan fingerprint density at radius 1 is 0.431 bits per heavy atom. The molecule has 1 aliphatic rings. The minimum Gasteiger partial charge on any atom is -0.309 e. The molecule has 0 spiro atoms. The first-order valence-electron chi connectivity index (χ1n) is 22.9. The summed E-state index contributed by atoms with van der Waals surface area (Å²) in [5.74, 6) is 0. The lowest BCUT2D eigenvalue weighted by atomic mass is 10.0. The summed E-state index contributed by atoms with van der Waals surface area (Å²) in [6.45, 7) is 0. The van der Waals surface area contributed by atoms with Gasteiger partial charge >= 0.3 is 0 Å². The van der Waals surface area contributed by atoms with E-state index < -0.39 is 45.6 Å². The Morgan fingerprint density at radius 2 is 0.966 bits per heavy atom. The van der Waals surface area contributed by atoms with Crippen LogP contribution < -0.4 is 15.6 Å². The van der Waals surface area contributed by atoms with Crippen LogP contribution in [0.25, 0.3) is 75.2 Å². The van der Waals surface area contributed by atoms with E-state index in [0.717, 1.165) is 65.2 Å². The van der Waals surface area contributed by atoms with Gasteiger partial charge in [-0.05, 0) is 81.8 Å². The second-order valence-electron chi connectivity index (χ2n) is 15.4. The molecule has 3 heterocycles. The summed E-state index contributed by atoms with van der Waals surface area (Å²) >= 11 is 1.83. The van der Waals surface area contributed by atoms with E-state index in [2.05, 4.69) is 161 Å². The zero-order valence-corrected chi connectivity index (χ0v) is 33.5. The molecule has 0 aliphatic heterocycles. The third kappa shape index (κ3) is 4.95. The average Bonchev–Trinajstić information content (AvgIpc) is 3.99. The van der Waals surface area contributed by atoms with Gasteiger partial charge in [0.25, 0.3) is 0 Å². The number of fused-ring (bicyclic) bond motifs is 9. The summed E-state index contributed by atoms with van der Waals surface area (Å²) in [7, 11) is -3.49. The van der Waals surface area contributed by atoms with E-state index >= 15 is 0 Å². The van der Waals surface area contributed by atoms with Crippen LogP contribution in [0.15, 0.2) is 188 Å². The van der Waals surface area contributed by atoms with Crippen LogP contribution in [0, 0.1) is 0 Å². The lowest BCUT2D eigenvalue weighted by molar-refractivity contribution is 0.497. The summed E-state index contributed by atoms with van der Waals surface area (Å²) in [5.41, 5.74) is 5.84. The number of aromatic nitrogens is 2. The average molecular weight is 784 g/mol. The summed E-state index contributed by atoms with van der Waals surface area (Å²) < 4.78 is 54.1. The van der Waals surface area contributed by atoms with Crippen molar-refractivity contribution in [2.45, 2.75) is 37.5 Å². The predicted octanol–water partition coefficient (Wildman–Crippen LogP) is 13.1. The van der Waals surface area contributed by atoms with Crippen LogP contribution in [0.3, 0.4) is 0 Å². The van der Waals surface area contributed by atoms with Gasteiger partial charge in [-0.25, -0.2) is 0 Å². The summed E-state index contributed by atoms with van der Waals surface area (Å²) in [5, 5.41) is 10.2. The molecule has 0 bridgehead atoms. The van der Waals surface area contributed by atoms with Crippen molar-refractivity contribution in [3.8, 4) is 11.4 Å². The number of benzene rings is 8. The molecule has 4 heteroatoms. The van der Waals surface area contributed by atoms with Gasteiger partial charge in [0.05, 0.1) is 22.1 Å². The monoisotopic (exact) mass is 783 g/mol. The van der Waals surface area contributed by atoms with Crippen molar-refractivity contribution in [1.82, 2.24) is 9.13 Å². The highest BCUT2D eigenvalue weighted by Crippen LogP contribution is 2.42. The first-order valence-corrected chi connectivity index (χ1v) is 23.0. The van der Waals surface area contributed by atoms with Crippen molar-refractivity contribution < 1.29 is 6.85 Å². The van der Waals surface area contributed by atoms with Crippen molar-refractivity contribution in [3.63, 3.8) is 0 Å². The summed E-state index contributed by atoms with van der Waals surface area (Å²) in [6, 6.07) is 66.8. The van der Waals surface area contributed by atoms with Gasteiger partial charge in [0.2, 0.25) is 0 Å². The normalized spacial score (nSPS) is 22.7. The van der Waals surface area contributed by atoms with Gasteiger partial charge in [-0.2, -0.15) is 0 Å². The van der Waals surface area contributed by atoms with Gasteiger partial charge in [-0.15, -0.1) is 11.3 Å². The number of para-hydroxylation sites is 2. The molecule has 1 saturated carbocycles. The third-order valence-electron chi connectivity index (χ3n) is 12.5. The predicted molar refractivity (Wildman–Crippen MR) is 252 cm³/mol. The highest BCUT2D eigenvalue weighted by Gasteiger charge is 2.47. The molecule has 278 valence electrons. The maximum atomic E-state index is 9.79. The molecule has 8 aromatic carbocycles. The van der Waals surface area contributed by atoms with E-state index in [4.69, 9.17) is 1.37 Å². The minimum atomic E-state index is -3.49. The summed E-state index contributed by atoms with van der Waals surface area (Å²) in [4.78, 5) is 0. The molecule has 3 aromatic heterocycles. The molecule has 0 saturated heterocycles. The van der Waals surface area contributed by atoms with Crippen molar-refractivity contribution in [2.24, 2.45) is 0 Å². The van der Waals surface area contributed by atoms with Crippen LogP contribution >= 0.6 is 11.3 Å². The minimum absolute atomic E-state index is 0.671. The Hall–Kier alpha value is -6.20. The molecular formula is C54H42N2SSi. The van der Waals surface area contributed by atoms with E-state index in [9.17, 15) is 5.48 Å². The fraction of sp³-hybridized carbons (Fsp3) is 0.111. The quantitative estimate of drug-likeness (QED) is 0.117. The zero-order chi connectivity index (χ0) is 42.6. The fourth-order valence-electron chi connectivity index (χ4n) is 10.1. The first kappa shape index (κ1) is 29.1. The molecule has 2 nitrogen and oxygen atoms in total. The molecule has 0 amide bonds. The van der Waals surface area contributed by atoms with Crippen LogP contribution in [0.1, 0.15) is 38.8 Å². The maximum Gasteiger partial charge on any atom is 0.152 e. The van der Waals surface area contributed by atoms with Crippen LogP contribution in [0.5, 0.6) is 0 Å². The first-order chi connectivity index (χ1) is 30.9. The SMILES string of the molecule is [2H]C1C([2H])C([2H])C([Si](c2ccccc2)(c2ccccc2)c2cccc3c2c2ccccc2n3-c2ccc3c(c2)c2ccccc2n3-c2ccc3sc4ccccc4c3c2)C([2H])C1[2H]. The van der Waals surface area contributed by atoms with E-state index in [-0.39, 0.29) is 0 Å². The Kier molecular flexibility index (Phi) is 6.74. The number of hydrogen-bond donors (Lipinski definition) is 0. The van der Waals surface area contributed by atoms with Crippen LogP contribution in [0.2, 0.25) is 5.54 Å². The zero-order valence-electron chi connectivity index (χ0n) is 36.7. The van der Waals surface area contributed by atoms with E-state index in [1.54, 1.807) is 0 Å². The van der Waals surface area contributed by atoms with Crippen molar-refractivity contribution in [3.05, 3.63) is 188 Å². The van der Waals surface area contributed by atoms with Crippen LogP contribution in [-0.4, -0.2) is 17.2 Å². The number of hydrogen-bond acceptors (Lipinski definition) is 1. The smallest absolute Gasteiger partial charge is 0.152 e. The molecule has 11 aromatic rings. The molecule has 1 aliphatic carbocycles. The maximum absolute atomic E-state index is 9.79. The highest BCUT2D eigenvalue weighted by atomic mass is 32.1. The molecule has 0 N–H and O–H groups in total. The second kappa shape index (κ2) is 13.4. The van der Waals surface area contributed by atoms with Gasteiger partial charge in [0.1, 0.15) is 0 Å². The number of nitrogens with zero attached hydrogens (tertiary/aromatic N) is 2. The van der Waals surface area contributed by atoms with E-state index in [0.29, 0.717) is 0 Å². The lowest BCUT2D eigenvalue weighted by Crippen LogP contribution is -2.70. The van der Waals surface area contributed by atoms with Gasteiger partial charge in [-0.3, -0.25) is 0 Å². The standard InChI is InChI=1S/C54H42N2SSi/c1-4-17-39(18-5-1)58(40-19-6-2-7-20-40,41-21-8-3-9-22-41)53-30-16-28-50-54(53)44-25-11-14-27-48(44)56(50)37-31-33-49-45(35-37)42-23-10-13-26-47(42)55(49)38-32-34-52-46(36-38)43-24-12-15-29-51(43)57-52/h1-2,4-7,10-20,23-36,41H,3,8-9,21-22H2/i3D,8D,9D,21D,22D. The Morgan fingerprint density at radius 3 is 1.71 bits per heavy atom. The van der Waals surface area contributed by atoms with Crippen molar-refractivity contribution in [2.75, 3.05) is 0 Å². The molecule has 4 unspecified atom stereocenters. The lowest BCUT2D eigenvalue weighted by Gasteiger charge is -2.43. The molecule has 1 fully saturated rings. The van der Waals surface area contributed by atoms with Crippen molar-refractivity contribution >= 4 is 98.8 Å². The van der Waals surface area contributed by atoms with E-state index in [1.165, 1.54) is 25.6 Å². The van der Waals surface area contributed by atoms with E-state index in [1.807, 2.05) is 47.7 Å². The molecule has 0 radical (unpaired) electrons. The fourth-order valence-corrected chi connectivity index (χ4v) is 16.5. The molecule has 4 atom stereocenters. The molecule has 12 rings (SSSR count). The Balaban J connectivity index is 1.13. The van der Waals surface area contributed by atoms with Crippen LogP contribution in [-0.2, 0) is 0 Å². The second-order valence-corrected chi connectivity index (χ2v) is 20.5. The van der Waals surface area contributed by atoms with Gasteiger partial charge in [-0.1, -0.05) is 159 Å². The van der Waals surface area contributed by atoms with Gasteiger partial charge in [0, 0.05) is 59.9 Å². The Labute approximate surface area is 350 Å². The summed E-state index contributed by atoms with van der Waals surface area (Å²) in [6.07, 6.45) is -5.42.